The summed E-state index contributed by atoms with van der Waals surface area (Å²) in [5.41, 5.74) is 0. The molecule has 0 saturated heterocycles. The van der Waals surface area contributed by atoms with E-state index in [1.807, 2.05) is 6.92 Å². The number of alkyl halides is 1. The Balaban J connectivity index is 2.78. The summed E-state index contributed by atoms with van der Waals surface area (Å²) in [4.78, 5) is 0. The molecule has 0 aliphatic heterocycles. The van der Waals surface area contributed by atoms with E-state index >= 15 is 0 Å². The second kappa shape index (κ2) is 2.77. The highest BCUT2D eigenvalue weighted by molar-refractivity contribution is 4.83. The molecular formula is C6H9FN2O. The van der Waals surface area contributed by atoms with Crippen LogP contribution in [0.2, 0.25) is 0 Å². The molecule has 0 aromatic carbocycles. The van der Waals surface area contributed by atoms with Crippen molar-refractivity contribution in [2.45, 2.75) is 26.4 Å². The minimum absolute atomic E-state index is 0.0665. The summed E-state index contributed by atoms with van der Waals surface area (Å²) in [5, 5.41) is 7.09. The van der Waals surface area contributed by atoms with Crippen LogP contribution in [0.1, 0.15) is 31.8 Å². The van der Waals surface area contributed by atoms with Gasteiger partial charge in [0.05, 0.1) is 0 Å². The van der Waals surface area contributed by atoms with Gasteiger partial charge >= 0.3 is 0 Å². The van der Waals surface area contributed by atoms with Crippen LogP contribution in [0.4, 0.5) is 4.39 Å². The van der Waals surface area contributed by atoms with E-state index in [1.165, 1.54) is 6.92 Å². The van der Waals surface area contributed by atoms with Gasteiger partial charge in [-0.3, -0.25) is 0 Å². The second-order valence-electron chi connectivity index (χ2n) is 2.00. The average Bonchev–Trinajstić information content (AvgIpc) is 2.34. The Morgan fingerprint density at radius 1 is 1.60 bits per heavy atom. The van der Waals surface area contributed by atoms with Gasteiger partial charge in [-0.25, -0.2) is 4.39 Å². The predicted molar refractivity (Wildman–Crippen MR) is 33.2 cm³/mol. The normalized spacial score (nSPS) is 13.5. The van der Waals surface area contributed by atoms with Crippen LogP contribution in [-0.4, -0.2) is 10.2 Å². The first kappa shape index (κ1) is 7.18. The summed E-state index contributed by atoms with van der Waals surface area (Å²) in [6.07, 6.45) is -0.507. The van der Waals surface area contributed by atoms with E-state index in [9.17, 15) is 4.39 Å². The topological polar surface area (TPSA) is 38.9 Å². The van der Waals surface area contributed by atoms with Gasteiger partial charge in [0.2, 0.25) is 11.8 Å². The van der Waals surface area contributed by atoms with Crippen molar-refractivity contribution in [3.63, 3.8) is 0 Å². The summed E-state index contributed by atoms with van der Waals surface area (Å²) in [7, 11) is 0. The van der Waals surface area contributed by atoms with Gasteiger partial charge < -0.3 is 4.42 Å². The molecule has 0 saturated carbocycles. The number of aromatic nitrogens is 2. The fourth-order valence-electron chi connectivity index (χ4n) is 0.570. The van der Waals surface area contributed by atoms with Crippen molar-refractivity contribution in [1.29, 1.82) is 0 Å². The highest BCUT2D eigenvalue weighted by Gasteiger charge is 2.10. The molecular weight excluding hydrogens is 135 g/mol. The molecule has 0 fully saturated rings. The van der Waals surface area contributed by atoms with E-state index in [1.54, 1.807) is 0 Å². The Hall–Kier alpha value is -0.930. The molecule has 1 aromatic rings. The van der Waals surface area contributed by atoms with Gasteiger partial charge in [-0.2, -0.15) is 0 Å². The van der Waals surface area contributed by atoms with Crippen molar-refractivity contribution in [3.05, 3.63) is 11.8 Å². The quantitative estimate of drug-likeness (QED) is 0.633. The van der Waals surface area contributed by atoms with Gasteiger partial charge in [-0.1, -0.05) is 6.92 Å². The van der Waals surface area contributed by atoms with Crippen molar-refractivity contribution < 1.29 is 8.81 Å². The Labute approximate surface area is 58.3 Å². The monoisotopic (exact) mass is 144 g/mol. The van der Waals surface area contributed by atoms with Gasteiger partial charge in [0.25, 0.3) is 0 Å². The largest absolute Gasteiger partial charge is 0.422 e. The van der Waals surface area contributed by atoms with Gasteiger partial charge in [0.1, 0.15) is 0 Å². The standard InChI is InChI=1S/C6H9FN2O/c1-3-5-8-9-6(10-5)4(2)7/h4H,3H2,1-2H3. The van der Waals surface area contributed by atoms with Gasteiger partial charge in [0, 0.05) is 6.42 Å². The molecule has 1 rings (SSSR count). The maximum absolute atomic E-state index is 12.4. The van der Waals surface area contributed by atoms with Crippen LogP contribution in [0.25, 0.3) is 0 Å². The van der Waals surface area contributed by atoms with Crippen LogP contribution in [0, 0.1) is 0 Å². The summed E-state index contributed by atoms with van der Waals surface area (Å²) < 4.78 is 17.3. The van der Waals surface area contributed by atoms with Crippen LogP contribution in [0.3, 0.4) is 0 Å². The van der Waals surface area contributed by atoms with E-state index in [0.717, 1.165) is 0 Å². The third-order valence-corrected chi connectivity index (χ3v) is 1.13. The Bertz CT molecular complexity index is 209. The molecule has 0 aliphatic carbocycles. The highest BCUT2D eigenvalue weighted by atomic mass is 19.1. The van der Waals surface area contributed by atoms with Crippen molar-refractivity contribution in [2.24, 2.45) is 0 Å². The summed E-state index contributed by atoms with van der Waals surface area (Å²) >= 11 is 0. The molecule has 10 heavy (non-hydrogen) atoms. The van der Waals surface area contributed by atoms with E-state index in [2.05, 4.69) is 10.2 Å². The van der Waals surface area contributed by atoms with Crippen LogP contribution >= 0.6 is 0 Å². The maximum atomic E-state index is 12.4. The van der Waals surface area contributed by atoms with E-state index in [-0.39, 0.29) is 5.89 Å². The summed E-state index contributed by atoms with van der Waals surface area (Å²) in [5.74, 6) is 0.552. The molecule has 0 amide bonds. The van der Waals surface area contributed by atoms with Crippen LogP contribution in [0.15, 0.2) is 4.42 Å². The van der Waals surface area contributed by atoms with Crippen LogP contribution in [-0.2, 0) is 6.42 Å². The Kier molecular flexibility index (Phi) is 1.99. The molecule has 4 heteroatoms. The van der Waals surface area contributed by atoms with Crippen molar-refractivity contribution in [1.82, 2.24) is 10.2 Å². The number of rotatable bonds is 2. The molecule has 1 aromatic heterocycles. The zero-order chi connectivity index (χ0) is 7.56. The second-order valence-corrected chi connectivity index (χ2v) is 2.00. The Morgan fingerprint density at radius 3 is 2.60 bits per heavy atom. The zero-order valence-corrected chi connectivity index (χ0v) is 5.97. The zero-order valence-electron chi connectivity index (χ0n) is 5.97. The fourth-order valence-corrected chi connectivity index (χ4v) is 0.570. The summed E-state index contributed by atoms with van der Waals surface area (Å²) in [6, 6.07) is 0. The van der Waals surface area contributed by atoms with Crippen LogP contribution in [0.5, 0.6) is 0 Å². The third kappa shape index (κ3) is 1.32. The lowest BCUT2D eigenvalue weighted by Gasteiger charge is -1.89. The third-order valence-electron chi connectivity index (χ3n) is 1.13. The first-order valence-electron chi connectivity index (χ1n) is 3.20. The molecule has 0 N–H and O–H groups in total. The van der Waals surface area contributed by atoms with E-state index < -0.39 is 6.17 Å². The van der Waals surface area contributed by atoms with Gasteiger partial charge in [-0.05, 0) is 6.92 Å². The number of halogens is 1. The predicted octanol–water partition coefficient (Wildman–Crippen LogP) is 1.66. The molecule has 56 valence electrons. The number of nitrogens with zero attached hydrogens (tertiary/aromatic N) is 2. The number of aryl methyl sites for hydroxylation is 1. The lowest BCUT2D eigenvalue weighted by atomic mass is 10.4. The molecule has 1 heterocycles. The average molecular weight is 144 g/mol. The molecule has 0 aliphatic rings. The van der Waals surface area contributed by atoms with Crippen molar-refractivity contribution >= 4 is 0 Å². The van der Waals surface area contributed by atoms with Crippen LogP contribution < -0.4 is 0 Å². The van der Waals surface area contributed by atoms with Crippen molar-refractivity contribution in [2.75, 3.05) is 0 Å². The first-order valence-corrected chi connectivity index (χ1v) is 3.20. The molecule has 0 spiro atoms. The number of hydrogen-bond donors (Lipinski definition) is 0. The molecule has 1 unspecified atom stereocenters. The minimum atomic E-state index is -1.16. The minimum Gasteiger partial charge on any atom is -0.422 e. The fraction of sp³-hybridized carbons (Fsp3) is 0.667. The lowest BCUT2D eigenvalue weighted by Crippen LogP contribution is -1.83. The van der Waals surface area contributed by atoms with E-state index in [0.29, 0.717) is 12.3 Å². The van der Waals surface area contributed by atoms with Crippen molar-refractivity contribution in [3.8, 4) is 0 Å². The first-order chi connectivity index (χ1) is 4.74. The smallest absolute Gasteiger partial charge is 0.250 e. The van der Waals surface area contributed by atoms with Gasteiger partial charge in [0.15, 0.2) is 6.17 Å². The Morgan fingerprint density at radius 2 is 2.30 bits per heavy atom. The SMILES string of the molecule is CCc1nnc(C(C)F)o1. The molecule has 0 radical (unpaired) electrons. The number of hydrogen-bond acceptors (Lipinski definition) is 3. The van der Waals surface area contributed by atoms with Gasteiger partial charge in [-0.15, -0.1) is 10.2 Å². The molecule has 1 atom stereocenters. The molecule has 0 bridgehead atoms. The molecule has 3 nitrogen and oxygen atoms in total. The highest BCUT2D eigenvalue weighted by Crippen LogP contribution is 2.13. The summed E-state index contributed by atoms with van der Waals surface area (Å²) in [6.45, 7) is 3.24. The lowest BCUT2D eigenvalue weighted by molar-refractivity contribution is 0.292. The van der Waals surface area contributed by atoms with E-state index in [4.69, 9.17) is 4.42 Å². The maximum Gasteiger partial charge on any atom is 0.250 e.